The summed E-state index contributed by atoms with van der Waals surface area (Å²) in [5, 5.41) is 12.6. The maximum Gasteiger partial charge on any atom is 0.141 e. The van der Waals surface area contributed by atoms with E-state index in [2.05, 4.69) is 30.6 Å². The molecule has 0 radical (unpaired) electrons. The van der Waals surface area contributed by atoms with Crippen molar-refractivity contribution in [2.24, 2.45) is 7.05 Å². The molecule has 0 aliphatic rings. The van der Waals surface area contributed by atoms with Gasteiger partial charge in [-0.25, -0.2) is 19.6 Å². The monoisotopic (exact) mass is 403 g/mol. The van der Waals surface area contributed by atoms with Gasteiger partial charge in [0.05, 0.1) is 17.2 Å². The maximum absolute atomic E-state index is 6.01. The fourth-order valence-corrected chi connectivity index (χ4v) is 3.15. The molecular weight excluding hydrogens is 390 g/mol. The van der Waals surface area contributed by atoms with Crippen molar-refractivity contribution in [1.82, 2.24) is 29.9 Å². The van der Waals surface area contributed by atoms with Crippen molar-refractivity contribution in [3.8, 4) is 11.5 Å². The van der Waals surface area contributed by atoms with Crippen molar-refractivity contribution in [1.29, 1.82) is 0 Å². The molecule has 0 spiro atoms. The van der Waals surface area contributed by atoms with E-state index in [4.69, 9.17) is 16.3 Å². The lowest BCUT2D eigenvalue weighted by Crippen LogP contribution is -1.96. The average molecular weight is 404 g/mol. The lowest BCUT2D eigenvalue weighted by molar-refractivity contribution is 0.483. The first-order valence-corrected chi connectivity index (χ1v) is 9.14. The molecule has 0 saturated heterocycles. The van der Waals surface area contributed by atoms with Gasteiger partial charge in [-0.15, -0.1) is 5.10 Å². The maximum atomic E-state index is 6.01. The number of fused-ring (bicyclic) bond motifs is 2. The van der Waals surface area contributed by atoms with Crippen LogP contribution in [0.4, 0.5) is 11.5 Å². The van der Waals surface area contributed by atoms with Crippen LogP contribution in [0, 0.1) is 0 Å². The van der Waals surface area contributed by atoms with Crippen LogP contribution in [0.5, 0.6) is 11.5 Å². The summed E-state index contributed by atoms with van der Waals surface area (Å²) in [6.07, 6.45) is 3.11. The molecule has 1 N–H and O–H groups in total. The Morgan fingerprint density at radius 1 is 0.931 bits per heavy atom. The highest BCUT2D eigenvalue weighted by Gasteiger charge is 2.07. The summed E-state index contributed by atoms with van der Waals surface area (Å²) in [7, 11) is 1.85. The summed E-state index contributed by atoms with van der Waals surface area (Å²) in [6, 6.07) is 15.0. The lowest BCUT2D eigenvalue weighted by atomic mass is 10.2. The van der Waals surface area contributed by atoms with E-state index in [-0.39, 0.29) is 0 Å². The number of aryl methyl sites for hydroxylation is 1. The van der Waals surface area contributed by atoms with Crippen molar-refractivity contribution in [2.75, 3.05) is 5.32 Å². The average Bonchev–Trinajstić information content (AvgIpc) is 3.10. The Morgan fingerprint density at radius 3 is 2.62 bits per heavy atom. The molecule has 0 unspecified atom stereocenters. The molecule has 0 saturated carbocycles. The van der Waals surface area contributed by atoms with E-state index in [1.807, 2.05) is 49.5 Å². The van der Waals surface area contributed by atoms with Crippen LogP contribution in [0.15, 0.2) is 61.1 Å². The highest BCUT2D eigenvalue weighted by Crippen LogP contribution is 2.28. The highest BCUT2D eigenvalue weighted by molar-refractivity contribution is 6.30. The topological polar surface area (TPSA) is 90.6 Å². The molecule has 29 heavy (non-hydrogen) atoms. The zero-order valence-electron chi connectivity index (χ0n) is 15.2. The van der Waals surface area contributed by atoms with Crippen molar-refractivity contribution >= 4 is 45.0 Å². The van der Waals surface area contributed by atoms with E-state index in [1.54, 1.807) is 16.9 Å². The molecule has 3 aromatic heterocycles. The molecule has 0 atom stereocenters. The Kier molecular flexibility index (Phi) is 4.18. The van der Waals surface area contributed by atoms with Crippen molar-refractivity contribution in [2.45, 2.75) is 0 Å². The molecule has 5 rings (SSSR count). The van der Waals surface area contributed by atoms with Crippen molar-refractivity contribution < 1.29 is 4.74 Å². The largest absolute Gasteiger partial charge is 0.457 e. The molecule has 5 aromatic rings. The van der Waals surface area contributed by atoms with E-state index in [0.717, 1.165) is 22.1 Å². The molecular formula is C20H14ClN7O. The fourth-order valence-electron chi connectivity index (χ4n) is 3.00. The van der Waals surface area contributed by atoms with E-state index < -0.39 is 0 Å². The van der Waals surface area contributed by atoms with Crippen LogP contribution in [-0.2, 0) is 7.05 Å². The highest BCUT2D eigenvalue weighted by atomic mass is 35.5. The second-order valence-corrected chi connectivity index (χ2v) is 6.75. The predicted molar refractivity (Wildman–Crippen MR) is 111 cm³/mol. The van der Waals surface area contributed by atoms with Gasteiger partial charge in [-0.05, 0) is 42.5 Å². The normalized spacial score (nSPS) is 11.1. The predicted octanol–water partition coefficient (Wildman–Crippen LogP) is 4.50. The minimum absolute atomic E-state index is 0.388. The van der Waals surface area contributed by atoms with Crippen LogP contribution in [0.25, 0.3) is 21.9 Å². The number of hydrogen-bond donors (Lipinski definition) is 1. The number of nitrogens with zero attached hydrogens (tertiary/aromatic N) is 6. The van der Waals surface area contributed by atoms with Gasteiger partial charge in [0.2, 0.25) is 0 Å². The van der Waals surface area contributed by atoms with Gasteiger partial charge in [0.15, 0.2) is 0 Å². The second-order valence-electron chi connectivity index (χ2n) is 6.36. The Balaban J connectivity index is 1.37. The lowest BCUT2D eigenvalue weighted by Gasteiger charge is -2.10. The molecule has 0 aliphatic heterocycles. The number of pyridine rings is 1. The number of hydrogen-bond acceptors (Lipinski definition) is 7. The quantitative estimate of drug-likeness (QED) is 0.442. The summed E-state index contributed by atoms with van der Waals surface area (Å²) < 4.78 is 7.65. The van der Waals surface area contributed by atoms with Crippen molar-refractivity contribution in [3.05, 3.63) is 66.2 Å². The molecule has 0 aliphatic carbocycles. The smallest absolute Gasteiger partial charge is 0.141 e. The Morgan fingerprint density at radius 2 is 1.76 bits per heavy atom. The number of halogens is 1. The molecule has 0 bridgehead atoms. The Labute approximate surface area is 170 Å². The van der Waals surface area contributed by atoms with Gasteiger partial charge in [-0.2, -0.15) is 0 Å². The number of aromatic nitrogens is 6. The van der Waals surface area contributed by atoms with Gasteiger partial charge in [-0.1, -0.05) is 16.8 Å². The summed E-state index contributed by atoms with van der Waals surface area (Å²) in [6.45, 7) is 0. The van der Waals surface area contributed by atoms with Crippen LogP contribution in [0.2, 0.25) is 5.15 Å². The van der Waals surface area contributed by atoms with E-state index in [9.17, 15) is 0 Å². The standard InChI is InChI=1S/C20H14ClN7O/c1-28-18-7-6-14(8-16(18)26-27-28)29-13-4-2-12(3-5-13)25-20-15-9-19(21)22-10-17(15)23-11-24-20/h2-11H,1H3,(H,23,24,25). The minimum atomic E-state index is 0.388. The van der Waals surface area contributed by atoms with Crippen LogP contribution < -0.4 is 10.1 Å². The van der Waals surface area contributed by atoms with Gasteiger partial charge < -0.3 is 10.1 Å². The molecule has 0 amide bonds. The van der Waals surface area contributed by atoms with E-state index in [0.29, 0.717) is 28.0 Å². The van der Waals surface area contributed by atoms with Gasteiger partial charge in [0, 0.05) is 24.2 Å². The van der Waals surface area contributed by atoms with Gasteiger partial charge in [0.25, 0.3) is 0 Å². The van der Waals surface area contributed by atoms with E-state index >= 15 is 0 Å². The van der Waals surface area contributed by atoms with Crippen LogP contribution in [0.3, 0.4) is 0 Å². The molecule has 2 aromatic carbocycles. The molecule has 3 heterocycles. The number of ether oxygens (including phenoxy) is 1. The first-order chi connectivity index (χ1) is 14.2. The number of anilines is 2. The Bertz CT molecular complexity index is 1330. The molecule has 8 nitrogen and oxygen atoms in total. The van der Waals surface area contributed by atoms with Crippen LogP contribution in [-0.4, -0.2) is 29.9 Å². The van der Waals surface area contributed by atoms with Crippen LogP contribution in [0.1, 0.15) is 0 Å². The minimum Gasteiger partial charge on any atom is -0.457 e. The molecule has 142 valence electrons. The third kappa shape index (κ3) is 3.41. The third-order valence-corrected chi connectivity index (χ3v) is 4.63. The summed E-state index contributed by atoms with van der Waals surface area (Å²) in [5.74, 6) is 2.06. The van der Waals surface area contributed by atoms with Gasteiger partial charge in [0.1, 0.15) is 34.3 Å². The first-order valence-electron chi connectivity index (χ1n) is 8.76. The second kappa shape index (κ2) is 6.99. The zero-order chi connectivity index (χ0) is 19.8. The summed E-state index contributed by atoms with van der Waals surface area (Å²) in [4.78, 5) is 12.6. The van der Waals surface area contributed by atoms with Gasteiger partial charge in [-0.3, -0.25) is 0 Å². The third-order valence-electron chi connectivity index (χ3n) is 4.42. The van der Waals surface area contributed by atoms with Crippen LogP contribution >= 0.6 is 11.6 Å². The fraction of sp³-hybridized carbons (Fsp3) is 0.0500. The first kappa shape index (κ1) is 17.3. The SMILES string of the molecule is Cn1nnc2cc(Oc3ccc(Nc4ncnc5cnc(Cl)cc45)cc3)ccc21. The number of nitrogens with one attached hydrogen (secondary N) is 1. The number of benzene rings is 2. The van der Waals surface area contributed by atoms with E-state index in [1.165, 1.54) is 6.33 Å². The zero-order valence-corrected chi connectivity index (χ0v) is 16.0. The van der Waals surface area contributed by atoms with Gasteiger partial charge >= 0.3 is 0 Å². The summed E-state index contributed by atoms with van der Waals surface area (Å²) in [5.41, 5.74) is 3.30. The molecule has 0 fully saturated rings. The summed E-state index contributed by atoms with van der Waals surface area (Å²) >= 11 is 6.01. The number of rotatable bonds is 4. The molecule has 9 heteroatoms. The van der Waals surface area contributed by atoms with Crippen molar-refractivity contribution in [3.63, 3.8) is 0 Å². The Hall–Kier alpha value is -3.78.